The average molecular weight is 338 g/mol. The molecule has 24 heavy (non-hydrogen) atoms. The number of methoxy groups -OCH3 is 1. The second-order valence-electron chi connectivity index (χ2n) is 5.73. The van der Waals surface area contributed by atoms with Crippen LogP contribution in [0, 0.1) is 5.92 Å². The van der Waals surface area contributed by atoms with Crippen LogP contribution in [0.25, 0.3) is 0 Å². The molecule has 1 heterocycles. The molecule has 0 bridgehead atoms. The molecule has 0 fully saturated rings. The van der Waals surface area contributed by atoms with Crippen LogP contribution in [-0.2, 0) is 9.53 Å². The molecule has 1 rings (SSSR count). The molecule has 10 heteroatoms. The van der Waals surface area contributed by atoms with Gasteiger partial charge in [-0.3, -0.25) is 14.6 Å². The van der Waals surface area contributed by atoms with Crippen LogP contribution in [0.1, 0.15) is 30.8 Å². The molecule has 2 atom stereocenters. The highest BCUT2D eigenvalue weighted by Crippen LogP contribution is 2.06. The Balaban J connectivity index is 2.75. The summed E-state index contributed by atoms with van der Waals surface area (Å²) in [5.74, 6) is -1.85. The monoisotopic (exact) mass is 338 g/mol. The fraction of sp³-hybridized carbons (Fsp3) is 0.571. The summed E-state index contributed by atoms with van der Waals surface area (Å²) in [7, 11) is -0.309. The number of hydrogen-bond acceptors (Lipinski definition) is 7. The maximum atomic E-state index is 12.3. The highest BCUT2D eigenvalue weighted by Gasteiger charge is 2.30. The first kappa shape index (κ1) is 20.0. The maximum absolute atomic E-state index is 12.3. The fourth-order valence-electron chi connectivity index (χ4n) is 2.04. The van der Waals surface area contributed by atoms with Gasteiger partial charge in [0.1, 0.15) is 11.7 Å². The molecule has 1 aromatic rings. The zero-order valence-corrected chi connectivity index (χ0v) is 14.0. The van der Waals surface area contributed by atoms with E-state index in [-0.39, 0.29) is 18.2 Å². The zero-order chi connectivity index (χ0) is 18.1. The van der Waals surface area contributed by atoms with Crippen molar-refractivity contribution in [2.75, 3.05) is 13.7 Å². The quantitative estimate of drug-likeness (QED) is 0.414. The Hall–Kier alpha value is -2.04. The van der Waals surface area contributed by atoms with Gasteiger partial charge in [0.2, 0.25) is 5.91 Å². The first-order valence-corrected chi connectivity index (χ1v) is 7.57. The smallest absolute Gasteiger partial charge is 0.426 e. The fourth-order valence-corrected chi connectivity index (χ4v) is 2.04. The van der Waals surface area contributed by atoms with Gasteiger partial charge >= 0.3 is 7.12 Å². The maximum Gasteiger partial charge on any atom is 0.475 e. The Labute approximate surface area is 141 Å². The Bertz CT molecular complexity index is 529. The Morgan fingerprint density at radius 2 is 2.00 bits per heavy atom. The summed E-state index contributed by atoms with van der Waals surface area (Å²) >= 11 is 0. The van der Waals surface area contributed by atoms with E-state index in [4.69, 9.17) is 4.74 Å². The van der Waals surface area contributed by atoms with Crippen LogP contribution < -0.4 is 10.6 Å². The molecule has 0 radical (unpaired) electrons. The molecule has 1 aromatic heterocycles. The minimum Gasteiger partial charge on any atom is -0.426 e. The summed E-state index contributed by atoms with van der Waals surface area (Å²) < 4.78 is 4.95. The number of ether oxygens (including phenoxy) is 1. The summed E-state index contributed by atoms with van der Waals surface area (Å²) in [6, 6.07) is -1.00. The highest BCUT2D eigenvalue weighted by atomic mass is 16.5. The third-order valence-corrected chi connectivity index (χ3v) is 3.16. The molecular formula is C14H23BN4O5. The van der Waals surface area contributed by atoms with E-state index in [1.807, 2.05) is 13.8 Å². The van der Waals surface area contributed by atoms with Crippen molar-refractivity contribution in [3.63, 3.8) is 0 Å². The van der Waals surface area contributed by atoms with E-state index in [1.54, 1.807) is 0 Å². The lowest BCUT2D eigenvalue weighted by Gasteiger charge is -2.23. The van der Waals surface area contributed by atoms with Crippen molar-refractivity contribution in [1.82, 2.24) is 20.6 Å². The van der Waals surface area contributed by atoms with Crippen molar-refractivity contribution >= 4 is 18.9 Å². The second-order valence-corrected chi connectivity index (χ2v) is 5.73. The summed E-state index contributed by atoms with van der Waals surface area (Å²) in [6.45, 7) is 3.71. The molecular weight excluding hydrogens is 315 g/mol. The lowest BCUT2D eigenvalue weighted by molar-refractivity contribution is -0.124. The van der Waals surface area contributed by atoms with Gasteiger partial charge in [0.25, 0.3) is 5.91 Å². The topological polar surface area (TPSA) is 134 Å². The van der Waals surface area contributed by atoms with E-state index in [0.717, 1.165) is 0 Å². The van der Waals surface area contributed by atoms with Gasteiger partial charge in [-0.1, -0.05) is 13.8 Å². The summed E-state index contributed by atoms with van der Waals surface area (Å²) in [5, 5.41) is 23.8. The number of hydrogen-bond donors (Lipinski definition) is 4. The average Bonchev–Trinajstić information content (AvgIpc) is 2.54. The SMILES string of the molecule is COCC(NC(=O)c1cnccn1)C(=O)N[C@@H](CC(C)C)B(O)O. The van der Waals surface area contributed by atoms with Gasteiger partial charge < -0.3 is 25.4 Å². The molecule has 0 spiro atoms. The number of rotatable bonds is 9. The van der Waals surface area contributed by atoms with Gasteiger partial charge in [-0.25, -0.2) is 4.98 Å². The van der Waals surface area contributed by atoms with Crippen molar-refractivity contribution < 1.29 is 24.4 Å². The lowest BCUT2D eigenvalue weighted by atomic mass is 9.75. The van der Waals surface area contributed by atoms with E-state index in [1.165, 1.54) is 25.7 Å². The van der Waals surface area contributed by atoms with Crippen LogP contribution in [-0.4, -0.2) is 64.6 Å². The summed E-state index contributed by atoms with van der Waals surface area (Å²) in [6.07, 6.45) is 4.44. The van der Waals surface area contributed by atoms with Crippen molar-refractivity contribution in [3.05, 3.63) is 24.3 Å². The van der Waals surface area contributed by atoms with Crippen LogP contribution in [0.3, 0.4) is 0 Å². The van der Waals surface area contributed by atoms with E-state index >= 15 is 0 Å². The predicted molar refractivity (Wildman–Crippen MR) is 86.7 cm³/mol. The molecule has 0 aliphatic heterocycles. The minimum atomic E-state index is -1.70. The normalized spacial score (nSPS) is 13.2. The molecule has 1 unspecified atom stereocenters. The minimum absolute atomic E-state index is 0.0623. The van der Waals surface area contributed by atoms with Crippen molar-refractivity contribution in [2.24, 2.45) is 5.92 Å². The van der Waals surface area contributed by atoms with Gasteiger partial charge in [-0.2, -0.15) is 0 Å². The molecule has 0 aromatic carbocycles. The van der Waals surface area contributed by atoms with Crippen LogP contribution in [0.5, 0.6) is 0 Å². The highest BCUT2D eigenvalue weighted by molar-refractivity contribution is 6.43. The van der Waals surface area contributed by atoms with E-state index < -0.39 is 30.9 Å². The predicted octanol–water partition coefficient (Wildman–Crippen LogP) is -1.24. The Morgan fingerprint density at radius 3 is 2.50 bits per heavy atom. The van der Waals surface area contributed by atoms with E-state index in [0.29, 0.717) is 6.42 Å². The van der Waals surface area contributed by atoms with Crippen LogP contribution in [0.4, 0.5) is 0 Å². The summed E-state index contributed by atoms with van der Waals surface area (Å²) in [4.78, 5) is 32.1. The third-order valence-electron chi connectivity index (χ3n) is 3.16. The van der Waals surface area contributed by atoms with Gasteiger partial charge in [0, 0.05) is 19.5 Å². The van der Waals surface area contributed by atoms with Crippen LogP contribution in [0.15, 0.2) is 18.6 Å². The molecule has 132 valence electrons. The lowest BCUT2D eigenvalue weighted by Crippen LogP contribution is -2.55. The molecule has 0 saturated carbocycles. The van der Waals surface area contributed by atoms with Crippen LogP contribution in [0.2, 0.25) is 0 Å². The Morgan fingerprint density at radius 1 is 1.29 bits per heavy atom. The Kier molecular flexibility index (Phi) is 8.30. The number of nitrogens with one attached hydrogen (secondary N) is 2. The van der Waals surface area contributed by atoms with Gasteiger partial charge in [-0.15, -0.1) is 0 Å². The van der Waals surface area contributed by atoms with Crippen molar-refractivity contribution in [2.45, 2.75) is 32.3 Å². The largest absolute Gasteiger partial charge is 0.475 e. The molecule has 9 nitrogen and oxygen atoms in total. The molecule has 4 N–H and O–H groups in total. The molecule has 0 aliphatic carbocycles. The van der Waals surface area contributed by atoms with Gasteiger partial charge in [0.05, 0.1) is 18.7 Å². The second kappa shape index (κ2) is 9.96. The molecule has 0 saturated heterocycles. The van der Waals surface area contributed by atoms with Crippen molar-refractivity contribution in [3.8, 4) is 0 Å². The third kappa shape index (κ3) is 6.61. The van der Waals surface area contributed by atoms with Crippen molar-refractivity contribution in [1.29, 1.82) is 0 Å². The number of carbonyl (C=O) groups is 2. The summed E-state index contributed by atoms with van der Waals surface area (Å²) in [5.41, 5.74) is 0.0623. The van der Waals surface area contributed by atoms with E-state index in [9.17, 15) is 19.6 Å². The first-order chi connectivity index (χ1) is 11.3. The molecule has 0 aliphatic rings. The first-order valence-electron chi connectivity index (χ1n) is 7.57. The number of nitrogens with zero attached hydrogens (tertiary/aromatic N) is 2. The van der Waals surface area contributed by atoms with Gasteiger partial charge in [-0.05, 0) is 12.3 Å². The standard InChI is InChI=1S/C14H23BN4O5/c1-9(2)6-12(15(22)23)19-14(21)11(8-24-3)18-13(20)10-7-16-4-5-17-10/h4-5,7,9,11-12,22-23H,6,8H2,1-3H3,(H,18,20)(H,19,21)/t11?,12-/m0/s1. The number of amides is 2. The van der Waals surface area contributed by atoms with E-state index in [2.05, 4.69) is 20.6 Å². The number of aromatic nitrogens is 2. The molecule has 2 amide bonds. The van der Waals surface area contributed by atoms with Gasteiger partial charge in [0.15, 0.2) is 0 Å². The number of carbonyl (C=O) groups excluding carboxylic acids is 2. The zero-order valence-electron chi connectivity index (χ0n) is 14.0. The van der Waals surface area contributed by atoms with Crippen LogP contribution >= 0.6 is 0 Å².